The Morgan fingerprint density at radius 3 is 2.93 bits per heavy atom. The molecule has 3 N–H and O–H groups in total. The van der Waals surface area contributed by atoms with E-state index in [2.05, 4.69) is 5.43 Å². The van der Waals surface area contributed by atoms with Gasteiger partial charge in [-0.1, -0.05) is 11.6 Å². The molecule has 0 saturated heterocycles. The van der Waals surface area contributed by atoms with Crippen LogP contribution in [0.3, 0.4) is 0 Å². The summed E-state index contributed by atoms with van der Waals surface area (Å²) in [6, 6.07) is 4.16. The molecular formula is C9H12ClFN2S. The molecule has 0 bridgehead atoms. The normalized spacial score (nSPS) is 12.9. The third-order valence-corrected chi connectivity index (χ3v) is 2.88. The molecule has 0 saturated carbocycles. The van der Waals surface area contributed by atoms with Gasteiger partial charge in [-0.15, -0.1) is 0 Å². The molecule has 0 aliphatic heterocycles. The quantitative estimate of drug-likeness (QED) is 0.621. The summed E-state index contributed by atoms with van der Waals surface area (Å²) < 4.78 is 13.0. The molecule has 1 rings (SSSR count). The Morgan fingerprint density at radius 2 is 2.36 bits per heavy atom. The van der Waals surface area contributed by atoms with Crippen LogP contribution in [-0.2, 0) is 0 Å². The smallest absolute Gasteiger partial charge is 0.123 e. The van der Waals surface area contributed by atoms with Gasteiger partial charge in [0.1, 0.15) is 5.82 Å². The van der Waals surface area contributed by atoms with Gasteiger partial charge in [0.25, 0.3) is 0 Å². The molecule has 1 atom stereocenters. The molecule has 1 aromatic carbocycles. The first kappa shape index (κ1) is 11.8. The van der Waals surface area contributed by atoms with E-state index in [4.69, 9.17) is 17.4 Å². The van der Waals surface area contributed by atoms with E-state index in [1.54, 1.807) is 11.8 Å². The van der Waals surface area contributed by atoms with Crippen LogP contribution in [0.1, 0.15) is 11.6 Å². The van der Waals surface area contributed by atoms with Crippen LogP contribution >= 0.6 is 23.4 Å². The maximum atomic E-state index is 13.0. The minimum absolute atomic E-state index is 0.117. The molecule has 1 unspecified atom stereocenters. The second-order valence-corrected chi connectivity index (χ2v) is 4.16. The summed E-state index contributed by atoms with van der Waals surface area (Å²) in [5.74, 6) is 5.81. The molecule has 0 spiro atoms. The largest absolute Gasteiger partial charge is 0.271 e. The molecule has 5 heteroatoms. The van der Waals surface area contributed by atoms with Crippen molar-refractivity contribution >= 4 is 23.4 Å². The minimum atomic E-state index is -0.300. The molecule has 0 aliphatic carbocycles. The maximum absolute atomic E-state index is 13.0. The summed E-state index contributed by atoms with van der Waals surface area (Å²) in [4.78, 5) is 0. The van der Waals surface area contributed by atoms with Gasteiger partial charge in [-0.2, -0.15) is 11.8 Å². The van der Waals surface area contributed by atoms with Crippen molar-refractivity contribution in [2.45, 2.75) is 6.04 Å². The molecule has 2 nitrogen and oxygen atoms in total. The number of nitrogens with one attached hydrogen (secondary N) is 1. The van der Waals surface area contributed by atoms with Crippen LogP contribution in [0.25, 0.3) is 0 Å². The number of nitrogens with two attached hydrogens (primary N) is 1. The summed E-state index contributed by atoms with van der Waals surface area (Å²) in [6.45, 7) is 0. The summed E-state index contributed by atoms with van der Waals surface area (Å²) in [5.41, 5.74) is 3.31. The summed E-state index contributed by atoms with van der Waals surface area (Å²) >= 11 is 7.55. The molecule has 0 radical (unpaired) electrons. The van der Waals surface area contributed by atoms with E-state index in [1.165, 1.54) is 18.2 Å². The molecule has 0 heterocycles. The molecule has 0 amide bonds. The van der Waals surface area contributed by atoms with Crippen LogP contribution in [-0.4, -0.2) is 12.0 Å². The van der Waals surface area contributed by atoms with Crippen LogP contribution in [0, 0.1) is 5.82 Å². The lowest BCUT2D eigenvalue weighted by atomic mass is 10.1. The zero-order valence-electron chi connectivity index (χ0n) is 7.76. The highest BCUT2D eigenvalue weighted by molar-refractivity contribution is 7.98. The number of thioether (sulfide) groups is 1. The average molecular weight is 235 g/mol. The fourth-order valence-corrected chi connectivity index (χ4v) is 2.03. The molecule has 1 aromatic rings. The number of halogens is 2. The van der Waals surface area contributed by atoms with Gasteiger partial charge >= 0.3 is 0 Å². The van der Waals surface area contributed by atoms with Crippen LogP contribution in [0.15, 0.2) is 18.2 Å². The molecule has 78 valence electrons. The van der Waals surface area contributed by atoms with E-state index in [-0.39, 0.29) is 11.9 Å². The lowest BCUT2D eigenvalue weighted by Gasteiger charge is -2.16. The first-order chi connectivity index (χ1) is 6.69. The van der Waals surface area contributed by atoms with Crippen molar-refractivity contribution in [1.29, 1.82) is 0 Å². The Balaban J connectivity index is 2.96. The lowest BCUT2D eigenvalue weighted by Crippen LogP contribution is -2.29. The Morgan fingerprint density at radius 1 is 1.64 bits per heavy atom. The minimum Gasteiger partial charge on any atom is -0.271 e. The van der Waals surface area contributed by atoms with Gasteiger partial charge in [0.05, 0.1) is 6.04 Å². The second kappa shape index (κ2) is 5.56. The highest BCUT2D eigenvalue weighted by Gasteiger charge is 2.13. The van der Waals surface area contributed by atoms with Gasteiger partial charge in [0, 0.05) is 10.8 Å². The molecule has 14 heavy (non-hydrogen) atoms. The molecular weight excluding hydrogens is 223 g/mol. The van der Waals surface area contributed by atoms with Gasteiger partial charge in [-0.05, 0) is 30.0 Å². The Kier molecular flexibility index (Phi) is 4.68. The van der Waals surface area contributed by atoms with Gasteiger partial charge < -0.3 is 0 Å². The highest BCUT2D eigenvalue weighted by Crippen LogP contribution is 2.25. The van der Waals surface area contributed by atoms with Crippen molar-refractivity contribution in [3.05, 3.63) is 34.6 Å². The van der Waals surface area contributed by atoms with Gasteiger partial charge in [0.2, 0.25) is 0 Å². The zero-order chi connectivity index (χ0) is 10.6. The van der Waals surface area contributed by atoms with Crippen molar-refractivity contribution in [2.75, 3.05) is 12.0 Å². The predicted octanol–water partition coefficient (Wildman–Crippen LogP) is 2.35. The fraction of sp³-hybridized carbons (Fsp3) is 0.333. The molecule has 0 aliphatic rings. The van der Waals surface area contributed by atoms with E-state index in [1.807, 2.05) is 6.26 Å². The van der Waals surface area contributed by atoms with Crippen LogP contribution in [0.5, 0.6) is 0 Å². The van der Waals surface area contributed by atoms with Crippen molar-refractivity contribution < 1.29 is 4.39 Å². The number of hydrazine groups is 1. The third-order valence-electron chi connectivity index (χ3n) is 1.87. The summed E-state index contributed by atoms with van der Waals surface area (Å²) in [6.07, 6.45) is 1.96. The average Bonchev–Trinajstić information content (AvgIpc) is 2.18. The predicted molar refractivity (Wildman–Crippen MR) is 59.9 cm³/mol. The lowest BCUT2D eigenvalue weighted by molar-refractivity contribution is 0.591. The first-order valence-electron chi connectivity index (χ1n) is 4.09. The SMILES string of the molecule is CSCC(NN)c1cc(F)ccc1Cl. The second-order valence-electron chi connectivity index (χ2n) is 2.84. The van der Waals surface area contributed by atoms with Gasteiger partial charge in [-0.3, -0.25) is 11.3 Å². The Bertz CT molecular complexity index is 309. The summed E-state index contributed by atoms with van der Waals surface area (Å²) in [7, 11) is 0. The third kappa shape index (κ3) is 2.85. The van der Waals surface area contributed by atoms with E-state index >= 15 is 0 Å². The van der Waals surface area contributed by atoms with Gasteiger partial charge in [0.15, 0.2) is 0 Å². The number of rotatable bonds is 4. The summed E-state index contributed by atoms with van der Waals surface area (Å²) in [5, 5.41) is 0.531. The van der Waals surface area contributed by atoms with E-state index in [9.17, 15) is 4.39 Å². The first-order valence-corrected chi connectivity index (χ1v) is 5.86. The number of hydrogen-bond acceptors (Lipinski definition) is 3. The number of benzene rings is 1. The monoisotopic (exact) mass is 234 g/mol. The topological polar surface area (TPSA) is 38.0 Å². The van der Waals surface area contributed by atoms with E-state index in [0.29, 0.717) is 10.6 Å². The standard InChI is InChI=1S/C9H12ClFN2S/c1-14-5-9(13-12)7-4-6(11)2-3-8(7)10/h2-4,9,13H,5,12H2,1H3. The van der Waals surface area contributed by atoms with E-state index in [0.717, 1.165) is 5.75 Å². The maximum Gasteiger partial charge on any atom is 0.123 e. The fourth-order valence-electron chi connectivity index (χ4n) is 1.18. The van der Waals surface area contributed by atoms with Crippen molar-refractivity contribution in [1.82, 2.24) is 5.43 Å². The van der Waals surface area contributed by atoms with Crippen LogP contribution in [0.2, 0.25) is 5.02 Å². The van der Waals surface area contributed by atoms with Crippen molar-refractivity contribution in [3.63, 3.8) is 0 Å². The highest BCUT2D eigenvalue weighted by atomic mass is 35.5. The van der Waals surface area contributed by atoms with Crippen LogP contribution < -0.4 is 11.3 Å². The van der Waals surface area contributed by atoms with Crippen molar-refractivity contribution in [3.8, 4) is 0 Å². The molecule has 0 fully saturated rings. The molecule has 0 aromatic heterocycles. The van der Waals surface area contributed by atoms with Crippen molar-refractivity contribution in [2.24, 2.45) is 5.84 Å². The zero-order valence-corrected chi connectivity index (χ0v) is 9.33. The Hall–Kier alpha value is -0.290. The van der Waals surface area contributed by atoms with Gasteiger partial charge in [-0.25, -0.2) is 4.39 Å². The van der Waals surface area contributed by atoms with E-state index < -0.39 is 0 Å². The van der Waals surface area contributed by atoms with Crippen LogP contribution in [0.4, 0.5) is 4.39 Å². The Labute approximate surface area is 92.0 Å². The number of hydrogen-bond donors (Lipinski definition) is 2.